The van der Waals surface area contributed by atoms with E-state index in [0.29, 0.717) is 5.16 Å². The second-order valence-corrected chi connectivity index (χ2v) is 5.88. The number of amides is 1. The molecule has 7 heteroatoms. The SMILES string of the molecule is CSc1nnc(C(C)(C)C)c(=O)n1C(=O)N(C)C. The highest BCUT2D eigenvalue weighted by Gasteiger charge is 2.26. The lowest BCUT2D eigenvalue weighted by molar-refractivity contribution is 0.214. The van der Waals surface area contributed by atoms with E-state index in [-0.39, 0.29) is 5.69 Å². The molecule has 1 rings (SSSR count). The van der Waals surface area contributed by atoms with E-state index in [2.05, 4.69) is 10.2 Å². The lowest BCUT2D eigenvalue weighted by atomic mass is 9.93. The topological polar surface area (TPSA) is 68.1 Å². The van der Waals surface area contributed by atoms with Gasteiger partial charge in [0, 0.05) is 19.5 Å². The molecule has 1 amide bonds. The molecule has 1 aromatic rings. The van der Waals surface area contributed by atoms with Crippen molar-refractivity contribution in [2.24, 2.45) is 0 Å². The largest absolute Gasteiger partial charge is 0.332 e. The average Bonchev–Trinajstić information content (AvgIpc) is 2.25. The van der Waals surface area contributed by atoms with Gasteiger partial charge in [-0.25, -0.2) is 9.36 Å². The summed E-state index contributed by atoms with van der Waals surface area (Å²) in [5.41, 5.74) is -0.564. The highest BCUT2D eigenvalue weighted by atomic mass is 32.2. The molecule has 0 radical (unpaired) electrons. The monoisotopic (exact) mass is 270 g/mol. The maximum atomic E-state index is 12.3. The van der Waals surface area contributed by atoms with Gasteiger partial charge in [0.05, 0.1) is 0 Å². The highest BCUT2D eigenvalue weighted by Crippen LogP contribution is 2.17. The summed E-state index contributed by atoms with van der Waals surface area (Å²) in [6.45, 7) is 5.59. The first-order chi connectivity index (χ1) is 8.20. The lowest BCUT2D eigenvalue weighted by Gasteiger charge is -2.19. The summed E-state index contributed by atoms with van der Waals surface area (Å²) in [5, 5.41) is 8.20. The molecular formula is C11H18N4O2S. The molecule has 0 saturated carbocycles. The van der Waals surface area contributed by atoms with Crippen molar-refractivity contribution in [2.45, 2.75) is 31.3 Å². The minimum absolute atomic E-state index is 0.287. The van der Waals surface area contributed by atoms with Gasteiger partial charge in [0.15, 0.2) is 0 Å². The second kappa shape index (κ2) is 5.09. The Balaban J connectivity index is 3.57. The van der Waals surface area contributed by atoms with E-state index in [0.717, 1.165) is 4.57 Å². The van der Waals surface area contributed by atoms with E-state index in [1.807, 2.05) is 20.8 Å². The van der Waals surface area contributed by atoms with E-state index in [9.17, 15) is 9.59 Å². The summed E-state index contributed by atoms with van der Waals surface area (Å²) in [4.78, 5) is 25.7. The zero-order valence-electron chi connectivity index (χ0n) is 11.5. The van der Waals surface area contributed by atoms with Gasteiger partial charge in [0.25, 0.3) is 5.56 Å². The van der Waals surface area contributed by atoms with Gasteiger partial charge in [0.1, 0.15) is 5.69 Å². The van der Waals surface area contributed by atoms with Crippen LogP contribution in [0.15, 0.2) is 9.95 Å². The molecular weight excluding hydrogens is 252 g/mol. The molecule has 0 aliphatic carbocycles. The smallest absolute Gasteiger partial charge is 0.330 e. The van der Waals surface area contributed by atoms with Crippen LogP contribution in [-0.4, -0.2) is 46.0 Å². The summed E-state index contributed by atoms with van der Waals surface area (Å²) in [6, 6.07) is -0.412. The Morgan fingerprint density at radius 3 is 2.22 bits per heavy atom. The quantitative estimate of drug-likeness (QED) is 0.717. The van der Waals surface area contributed by atoms with Crippen molar-refractivity contribution in [3.63, 3.8) is 0 Å². The van der Waals surface area contributed by atoms with Crippen molar-refractivity contribution in [1.29, 1.82) is 0 Å². The molecule has 1 aromatic heterocycles. The molecule has 0 atom stereocenters. The molecule has 0 saturated heterocycles. The third-order valence-electron chi connectivity index (χ3n) is 2.30. The first-order valence-corrected chi connectivity index (χ1v) is 6.68. The minimum atomic E-state index is -0.449. The number of rotatable bonds is 1. The zero-order valence-corrected chi connectivity index (χ0v) is 12.3. The van der Waals surface area contributed by atoms with Crippen molar-refractivity contribution in [1.82, 2.24) is 19.7 Å². The number of thioether (sulfide) groups is 1. The van der Waals surface area contributed by atoms with Crippen LogP contribution < -0.4 is 5.56 Å². The van der Waals surface area contributed by atoms with Gasteiger partial charge in [-0.3, -0.25) is 4.79 Å². The molecule has 0 aliphatic heterocycles. The van der Waals surface area contributed by atoms with Crippen LogP contribution >= 0.6 is 11.8 Å². The molecule has 0 aromatic carbocycles. The zero-order chi connectivity index (χ0) is 14.1. The molecule has 0 aliphatic rings. The van der Waals surface area contributed by atoms with Crippen LogP contribution in [0.1, 0.15) is 26.5 Å². The minimum Gasteiger partial charge on any atom is -0.330 e. The van der Waals surface area contributed by atoms with Crippen LogP contribution in [0.2, 0.25) is 0 Å². The van der Waals surface area contributed by atoms with Crippen molar-refractivity contribution in [3.8, 4) is 0 Å². The number of carbonyl (C=O) groups is 1. The van der Waals surface area contributed by atoms with Crippen molar-refractivity contribution in [3.05, 3.63) is 16.0 Å². The number of aromatic nitrogens is 3. The third kappa shape index (κ3) is 2.72. The molecule has 1 heterocycles. The fraction of sp³-hybridized carbons (Fsp3) is 0.636. The van der Waals surface area contributed by atoms with Crippen LogP contribution in [-0.2, 0) is 5.41 Å². The Kier molecular flexibility index (Phi) is 4.16. The van der Waals surface area contributed by atoms with E-state index < -0.39 is 17.0 Å². The Labute approximate surface area is 110 Å². The van der Waals surface area contributed by atoms with Crippen LogP contribution in [0.3, 0.4) is 0 Å². The standard InChI is InChI=1S/C11H18N4O2S/c1-11(2,3)7-8(16)15(10(17)14(4)5)9(18-6)13-12-7/h1-6H3. The molecule has 100 valence electrons. The number of nitrogens with zero attached hydrogens (tertiary/aromatic N) is 4. The molecule has 0 spiro atoms. The summed E-state index contributed by atoms with van der Waals surface area (Å²) in [7, 11) is 3.19. The summed E-state index contributed by atoms with van der Waals surface area (Å²) < 4.78 is 1.07. The summed E-state index contributed by atoms with van der Waals surface area (Å²) in [6.07, 6.45) is 1.75. The van der Waals surface area contributed by atoms with Gasteiger partial charge in [-0.1, -0.05) is 32.5 Å². The van der Waals surface area contributed by atoms with Gasteiger partial charge in [0.2, 0.25) is 5.16 Å². The second-order valence-electron chi connectivity index (χ2n) is 5.10. The summed E-state index contributed by atoms with van der Waals surface area (Å²) >= 11 is 1.22. The molecule has 0 N–H and O–H groups in total. The number of hydrogen-bond donors (Lipinski definition) is 0. The Hall–Kier alpha value is -1.37. The number of hydrogen-bond acceptors (Lipinski definition) is 5. The lowest BCUT2D eigenvalue weighted by Crippen LogP contribution is -2.41. The first-order valence-electron chi connectivity index (χ1n) is 5.46. The van der Waals surface area contributed by atoms with E-state index in [1.165, 1.54) is 16.7 Å². The van der Waals surface area contributed by atoms with Crippen LogP contribution in [0.4, 0.5) is 4.79 Å². The fourth-order valence-electron chi connectivity index (χ4n) is 1.34. The summed E-state index contributed by atoms with van der Waals surface area (Å²) in [5.74, 6) is 0. The first kappa shape index (κ1) is 14.7. The maximum absolute atomic E-state index is 12.3. The fourth-order valence-corrected chi connectivity index (χ4v) is 1.81. The van der Waals surface area contributed by atoms with Gasteiger partial charge in [-0.2, -0.15) is 0 Å². The predicted molar refractivity (Wildman–Crippen MR) is 71.3 cm³/mol. The van der Waals surface area contributed by atoms with Crippen LogP contribution in [0.5, 0.6) is 0 Å². The van der Waals surface area contributed by atoms with Gasteiger partial charge < -0.3 is 4.90 Å². The molecule has 0 bridgehead atoms. The number of carbonyl (C=O) groups excluding carboxylic acids is 1. The maximum Gasteiger partial charge on any atom is 0.332 e. The van der Waals surface area contributed by atoms with Crippen molar-refractivity contribution >= 4 is 17.8 Å². The van der Waals surface area contributed by atoms with Gasteiger partial charge >= 0.3 is 6.03 Å². The van der Waals surface area contributed by atoms with Gasteiger partial charge in [-0.15, -0.1) is 10.2 Å². The predicted octanol–water partition coefficient (Wildman–Crippen LogP) is 1.19. The van der Waals surface area contributed by atoms with E-state index in [4.69, 9.17) is 0 Å². The third-order valence-corrected chi connectivity index (χ3v) is 2.93. The highest BCUT2D eigenvalue weighted by molar-refractivity contribution is 7.98. The molecule has 0 fully saturated rings. The Bertz CT molecular complexity index is 517. The van der Waals surface area contributed by atoms with Crippen LogP contribution in [0.25, 0.3) is 0 Å². The van der Waals surface area contributed by atoms with Gasteiger partial charge in [-0.05, 0) is 6.26 Å². The van der Waals surface area contributed by atoms with Crippen molar-refractivity contribution in [2.75, 3.05) is 20.4 Å². The Morgan fingerprint density at radius 2 is 1.83 bits per heavy atom. The van der Waals surface area contributed by atoms with Crippen molar-refractivity contribution < 1.29 is 4.79 Å². The van der Waals surface area contributed by atoms with Crippen LogP contribution in [0, 0.1) is 0 Å². The molecule has 18 heavy (non-hydrogen) atoms. The Morgan fingerprint density at radius 1 is 1.28 bits per heavy atom. The molecule has 6 nitrogen and oxygen atoms in total. The van der Waals surface area contributed by atoms with E-state index >= 15 is 0 Å². The van der Waals surface area contributed by atoms with E-state index in [1.54, 1.807) is 20.4 Å². The molecule has 0 unspecified atom stereocenters. The normalized spacial score (nSPS) is 11.4. The average molecular weight is 270 g/mol.